The molecule has 1 fully saturated rings. The van der Waals surface area contributed by atoms with Gasteiger partial charge < -0.3 is 4.90 Å². The van der Waals surface area contributed by atoms with Gasteiger partial charge in [-0.1, -0.05) is 30.3 Å². The van der Waals surface area contributed by atoms with Crippen molar-refractivity contribution >= 4 is 5.91 Å². The normalized spacial score (nSPS) is 18.6. The molecule has 1 aliphatic rings. The molecule has 0 N–H and O–H groups in total. The van der Waals surface area contributed by atoms with Gasteiger partial charge >= 0.3 is 0 Å². The van der Waals surface area contributed by atoms with E-state index in [9.17, 15) is 4.79 Å². The Labute approximate surface area is 84.5 Å². The van der Waals surface area contributed by atoms with Gasteiger partial charge in [0, 0.05) is 13.0 Å². The number of carbonyl (C=O) groups excluding carboxylic acids is 1. The van der Waals surface area contributed by atoms with Crippen molar-refractivity contribution in [3.8, 4) is 0 Å². The maximum atomic E-state index is 11.5. The molecule has 1 aromatic carbocycles. The Kier molecular flexibility index (Phi) is 2.53. The molecule has 14 heavy (non-hydrogen) atoms. The number of likely N-dealkylation sites (tertiary alicyclic amines) is 1. The lowest BCUT2D eigenvalue weighted by molar-refractivity contribution is -0.129. The highest BCUT2D eigenvalue weighted by Crippen LogP contribution is 2.24. The molecule has 2 nitrogen and oxygen atoms in total. The van der Waals surface area contributed by atoms with Crippen LogP contribution in [0.25, 0.3) is 0 Å². The molecule has 1 aromatic rings. The molecule has 2 heteroatoms. The molecule has 1 heterocycles. The van der Waals surface area contributed by atoms with E-state index in [1.54, 1.807) is 0 Å². The number of hydrogen-bond donors (Lipinski definition) is 0. The van der Waals surface area contributed by atoms with Crippen molar-refractivity contribution < 1.29 is 4.79 Å². The molecule has 1 saturated heterocycles. The zero-order valence-electron chi connectivity index (χ0n) is 8.44. The zero-order valence-corrected chi connectivity index (χ0v) is 8.44. The molecule has 74 valence electrons. The molecule has 0 radical (unpaired) electrons. The summed E-state index contributed by atoms with van der Waals surface area (Å²) in [7, 11) is 0. The summed E-state index contributed by atoms with van der Waals surface area (Å²) < 4.78 is 0. The summed E-state index contributed by atoms with van der Waals surface area (Å²) in [6.45, 7) is 3.01. The van der Waals surface area contributed by atoms with Crippen LogP contribution in [0.4, 0.5) is 0 Å². The molecule has 0 aromatic heterocycles. The summed E-state index contributed by atoms with van der Waals surface area (Å²) in [6.07, 6.45) is 1.73. The van der Waals surface area contributed by atoms with Crippen LogP contribution >= 0.6 is 0 Å². The van der Waals surface area contributed by atoms with Gasteiger partial charge in [0.2, 0.25) is 5.91 Å². The lowest BCUT2D eigenvalue weighted by atomic mass is 10.1. The Morgan fingerprint density at radius 2 is 2.00 bits per heavy atom. The molecular formula is C12H15NO. The molecule has 1 aliphatic heterocycles. The Morgan fingerprint density at radius 3 is 2.57 bits per heavy atom. The molecule has 0 spiro atoms. The fourth-order valence-electron chi connectivity index (χ4n) is 1.99. The van der Waals surface area contributed by atoms with E-state index in [2.05, 4.69) is 19.1 Å². The van der Waals surface area contributed by atoms with Crippen molar-refractivity contribution in [3.63, 3.8) is 0 Å². The second kappa shape index (κ2) is 3.82. The highest BCUT2D eigenvalue weighted by Gasteiger charge is 2.25. The average molecular weight is 189 g/mol. The van der Waals surface area contributed by atoms with Crippen LogP contribution < -0.4 is 0 Å². The van der Waals surface area contributed by atoms with Crippen LogP contribution in [0.15, 0.2) is 30.3 Å². The fourth-order valence-corrected chi connectivity index (χ4v) is 1.99. The summed E-state index contributed by atoms with van der Waals surface area (Å²) in [5, 5.41) is 0. The van der Waals surface area contributed by atoms with Gasteiger partial charge in [0.1, 0.15) is 0 Å². The zero-order chi connectivity index (χ0) is 9.97. The van der Waals surface area contributed by atoms with Gasteiger partial charge in [-0.15, -0.1) is 0 Å². The molecule has 1 atom stereocenters. The topological polar surface area (TPSA) is 20.3 Å². The summed E-state index contributed by atoms with van der Waals surface area (Å²) in [4.78, 5) is 13.5. The molecule has 0 unspecified atom stereocenters. The van der Waals surface area contributed by atoms with Gasteiger partial charge in [-0.05, 0) is 18.9 Å². The summed E-state index contributed by atoms with van der Waals surface area (Å²) >= 11 is 0. The highest BCUT2D eigenvalue weighted by molar-refractivity contribution is 5.78. The van der Waals surface area contributed by atoms with Crippen LogP contribution in [0, 0.1) is 0 Å². The van der Waals surface area contributed by atoms with Gasteiger partial charge in [-0.2, -0.15) is 0 Å². The van der Waals surface area contributed by atoms with Crippen LogP contribution in [0.5, 0.6) is 0 Å². The molecule has 0 aliphatic carbocycles. The lowest BCUT2D eigenvalue weighted by Gasteiger charge is -2.24. The number of carbonyl (C=O) groups is 1. The van der Waals surface area contributed by atoms with E-state index in [0.29, 0.717) is 5.91 Å². The van der Waals surface area contributed by atoms with Crippen molar-refractivity contribution in [3.05, 3.63) is 35.9 Å². The average Bonchev–Trinajstić information content (AvgIpc) is 2.65. The Balaban J connectivity index is 2.16. The summed E-state index contributed by atoms with van der Waals surface area (Å²) in [6, 6.07) is 10.4. The first-order valence-corrected chi connectivity index (χ1v) is 5.13. The molecular weight excluding hydrogens is 174 g/mol. The van der Waals surface area contributed by atoms with Crippen molar-refractivity contribution in [1.82, 2.24) is 4.90 Å². The number of rotatable bonds is 2. The lowest BCUT2D eigenvalue weighted by Crippen LogP contribution is -2.27. The first-order chi connectivity index (χ1) is 6.79. The van der Waals surface area contributed by atoms with Crippen molar-refractivity contribution in [2.24, 2.45) is 0 Å². The Bertz CT molecular complexity index is 320. The van der Waals surface area contributed by atoms with E-state index in [4.69, 9.17) is 0 Å². The fraction of sp³-hybridized carbons (Fsp3) is 0.417. The van der Waals surface area contributed by atoms with Crippen LogP contribution in [0.1, 0.15) is 31.4 Å². The quantitative estimate of drug-likeness (QED) is 0.699. The predicted octanol–water partition coefficient (Wildman–Crippen LogP) is 2.37. The van der Waals surface area contributed by atoms with Gasteiger partial charge in [0.25, 0.3) is 0 Å². The minimum atomic E-state index is 0.228. The Hall–Kier alpha value is -1.31. The molecule has 1 amide bonds. The van der Waals surface area contributed by atoms with E-state index in [0.717, 1.165) is 19.4 Å². The number of benzene rings is 1. The standard InChI is InChI=1S/C12H15NO/c1-10(11-6-3-2-4-7-11)13-9-5-8-12(13)14/h2-4,6-7,10H,5,8-9H2,1H3/t10-/m1/s1. The largest absolute Gasteiger partial charge is 0.336 e. The van der Waals surface area contributed by atoms with Crippen molar-refractivity contribution in [1.29, 1.82) is 0 Å². The van der Waals surface area contributed by atoms with Gasteiger partial charge in [-0.25, -0.2) is 0 Å². The third kappa shape index (κ3) is 1.65. The van der Waals surface area contributed by atoms with E-state index >= 15 is 0 Å². The molecule has 2 rings (SSSR count). The third-order valence-electron chi connectivity index (χ3n) is 2.86. The number of hydrogen-bond acceptors (Lipinski definition) is 1. The van der Waals surface area contributed by atoms with Crippen LogP contribution in [-0.4, -0.2) is 17.4 Å². The third-order valence-corrected chi connectivity index (χ3v) is 2.86. The second-order valence-electron chi connectivity index (χ2n) is 3.78. The summed E-state index contributed by atoms with van der Waals surface area (Å²) in [5.41, 5.74) is 1.22. The van der Waals surface area contributed by atoms with E-state index < -0.39 is 0 Å². The van der Waals surface area contributed by atoms with Gasteiger partial charge in [0.05, 0.1) is 6.04 Å². The van der Waals surface area contributed by atoms with Crippen LogP contribution in [0.3, 0.4) is 0 Å². The van der Waals surface area contributed by atoms with Crippen LogP contribution in [-0.2, 0) is 4.79 Å². The van der Waals surface area contributed by atoms with Crippen molar-refractivity contribution in [2.45, 2.75) is 25.8 Å². The maximum Gasteiger partial charge on any atom is 0.223 e. The number of amides is 1. The molecule has 0 bridgehead atoms. The maximum absolute atomic E-state index is 11.5. The van der Waals surface area contributed by atoms with Gasteiger partial charge in [-0.3, -0.25) is 4.79 Å². The van der Waals surface area contributed by atoms with Gasteiger partial charge in [0.15, 0.2) is 0 Å². The van der Waals surface area contributed by atoms with E-state index in [1.165, 1.54) is 5.56 Å². The minimum Gasteiger partial charge on any atom is -0.336 e. The summed E-state index contributed by atoms with van der Waals surface area (Å²) in [5.74, 6) is 0.293. The first-order valence-electron chi connectivity index (χ1n) is 5.13. The molecule has 0 saturated carbocycles. The SMILES string of the molecule is C[C@H](c1ccccc1)N1CCCC1=O. The monoisotopic (exact) mass is 189 g/mol. The smallest absolute Gasteiger partial charge is 0.223 e. The minimum absolute atomic E-state index is 0.228. The first kappa shape index (κ1) is 9.25. The Morgan fingerprint density at radius 1 is 1.29 bits per heavy atom. The second-order valence-corrected chi connectivity index (χ2v) is 3.78. The van der Waals surface area contributed by atoms with E-state index in [-0.39, 0.29) is 6.04 Å². The van der Waals surface area contributed by atoms with Crippen LogP contribution in [0.2, 0.25) is 0 Å². The van der Waals surface area contributed by atoms with E-state index in [1.807, 2.05) is 23.1 Å². The van der Waals surface area contributed by atoms with Crippen molar-refractivity contribution in [2.75, 3.05) is 6.54 Å². The highest BCUT2D eigenvalue weighted by atomic mass is 16.2. The number of nitrogens with zero attached hydrogens (tertiary/aromatic N) is 1. The predicted molar refractivity (Wildman–Crippen MR) is 55.8 cm³/mol.